The van der Waals surface area contributed by atoms with Crippen LogP contribution in [-0.4, -0.2) is 16.7 Å². The summed E-state index contributed by atoms with van der Waals surface area (Å²) in [5.41, 5.74) is 4.63. The second kappa shape index (κ2) is 5.17. The van der Waals surface area contributed by atoms with Crippen LogP contribution in [0.4, 0.5) is 0 Å². The van der Waals surface area contributed by atoms with Crippen molar-refractivity contribution in [3.63, 3.8) is 0 Å². The third-order valence-electron chi connectivity index (χ3n) is 3.90. The molecule has 3 heteroatoms. The summed E-state index contributed by atoms with van der Waals surface area (Å²) in [6, 6.07) is 11.5. The zero-order valence-corrected chi connectivity index (χ0v) is 11.8. The largest absolute Gasteiger partial charge is 0.507 e. The summed E-state index contributed by atoms with van der Waals surface area (Å²) in [5, 5.41) is 10.1. The van der Waals surface area contributed by atoms with Gasteiger partial charge in [0, 0.05) is 0 Å². The highest BCUT2D eigenvalue weighted by atomic mass is 16.3. The topological polar surface area (TPSA) is 54.4 Å². The number of phenolic OH excluding ortho intramolecular Hbond substituents is 1. The summed E-state index contributed by atoms with van der Waals surface area (Å²) in [4.78, 5) is 23.2. The molecule has 0 amide bonds. The van der Waals surface area contributed by atoms with Gasteiger partial charge in [0.2, 0.25) is 0 Å². The zero-order chi connectivity index (χ0) is 15.0. The molecule has 0 unspecified atom stereocenters. The molecule has 106 valence electrons. The van der Waals surface area contributed by atoms with Crippen molar-refractivity contribution in [2.75, 3.05) is 0 Å². The molecule has 1 N–H and O–H groups in total. The van der Waals surface area contributed by atoms with Crippen molar-refractivity contribution in [3.8, 4) is 16.9 Å². The summed E-state index contributed by atoms with van der Waals surface area (Å²) in [5.74, 6) is -0.553. The van der Waals surface area contributed by atoms with Crippen LogP contribution < -0.4 is 0 Å². The highest BCUT2D eigenvalue weighted by molar-refractivity contribution is 6.09. The molecule has 0 saturated heterocycles. The van der Waals surface area contributed by atoms with Crippen LogP contribution >= 0.6 is 0 Å². The number of Topliss-reactive ketones (excluding diaryl/α,β-unsaturated/α-hetero) is 2. The van der Waals surface area contributed by atoms with Gasteiger partial charge in [-0.1, -0.05) is 24.3 Å². The molecule has 0 heterocycles. The number of benzene rings is 2. The van der Waals surface area contributed by atoms with E-state index in [9.17, 15) is 14.7 Å². The van der Waals surface area contributed by atoms with Crippen LogP contribution in [0.25, 0.3) is 11.1 Å². The van der Waals surface area contributed by atoms with Gasteiger partial charge in [-0.25, -0.2) is 0 Å². The number of phenols is 1. The van der Waals surface area contributed by atoms with E-state index in [1.807, 2.05) is 18.2 Å². The molecule has 2 aromatic carbocycles. The Morgan fingerprint density at radius 1 is 1.05 bits per heavy atom. The van der Waals surface area contributed by atoms with Crippen LogP contribution in [0.3, 0.4) is 0 Å². The van der Waals surface area contributed by atoms with E-state index in [-0.39, 0.29) is 29.3 Å². The highest BCUT2D eigenvalue weighted by Gasteiger charge is 2.21. The van der Waals surface area contributed by atoms with Crippen molar-refractivity contribution < 1.29 is 14.7 Å². The first-order valence-corrected chi connectivity index (χ1v) is 7.03. The van der Waals surface area contributed by atoms with E-state index < -0.39 is 0 Å². The number of carbonyl (C=O) groups excluding carboxylic acids is 2. The molecule has 0 atom stereocenters. The van der Waals surface area contributed by atoms with Crippen molar-refractivity contribution in [1.82, 2.24) is 0 Å². The summed E-state index contributed by atoms with van der Waals surface area (Å²) in [7, 11) is 0. The summed E-state index contributed by atoms with van der Waals surface area (Å²) >= 11 is 0. The van der Waals surface area contributed by atoms with Gasteiger partial charge < -0.3 is 5.11 Å². The molecule has 3 nitrogen and oxygen atoms in total. The Kier molecular flexibility index (Phi) is 3.34. The van der Waals surface area contributed by atoms with Gasteiger partial charge in [0.05, 0.1) is 12.0 Å². The molecule has 0 spiro atoms. The minimum absolute atomic E-state index is 0.0284. The zero-order valence-electron chi connectivity index (χ0n) is 11.8. The monoisotopic (exact) mass is 280 g/mol. The maximum Gasteiger partial charge on any atom is 0.173 e. The molecule has 21 heavy (non-hydrogen) atoms. The van der Waals surface area contributed by atoms with Gasteiger partial charge in [0.25, 0.3) is 0 Å². The standard InChI is InChI=1S/C18H16O3/c1-11(19)8-17(20)16-10-15-13(9-18(16)21)7-6-12-4-2-3-5-14(12)15/h2-5,9-10,21H,6-8H2,1H3. The number of aryl methyl sites for hydroxylation is 2. The lowest BCUT2D eigenvalue weighted by molar-refractivity contribution is -0.116. The number of hydrogen-bond acceptors (Lipinski definition) is 3. The predicted molar refractivity (Wildman–Crippen MR) is 80.6 cm³/mol. The molecular formula is C18H16O3. The second-order valence-electron chi connectivity index (χ2n) is 5.49. The van der Waals surface area contributed by atoms with Gasteiger partial charge in [-0.15, -0.1) is 0 Å². The fraction of sp³-hybridized carbons (Fsp3) is 0.222. The van der Waals surface area contributed by atoms with Crippen molar-refractivity contribution in [2.24, 2.45) is 0 Å². The Morgan fingerprint density at radius 2 is 1.76 bits per heavy atom. The molecular weight excluding hydrogens is 264 g/mol. The molecule has 3 rings (SSSR count). The van der Waals surface area contributed by atoms with Crippen LogP contribution in [-0.2, 0) is 17.6 Å². The van der Waals surface area contributed by atoms with Crippen LogP contribution in [0.15, 0.2) is 36.4 Å². The normalized spacial score (nSPS) is 12.4. The number of hydrogen-bond donors (Lipinski definition) is 1. The van der Waals surface area contributed by atoms with E-state index in [0.29, 0.717) is 0 Å². The Labute approximate surface area is 123 Å². The van der Waals surface area contributed by atoms with E-state index in [0.717, 1.165) is 29.5 Å². The number of aromatic hydroxyl groups is 1. The first-order chi connectivity index (χ1) is 10.1. The molecule has 0 fully saturated rings. The summed E-state index contributed by atoms with van der Waals surface area (Å²) < 4.78 is 0. The fourth-order valence-corrected chi connectivity index (χ4v) is 2.90. The maximum atomic E-state index is 12.1. The van der Waals surface area contributed by atoms with Crippen molar-refractivity contribution in [2.45, 2.75) is 26.2 Å². The average molecular weight is 280 g/mol. The van der Waals surface area contributed by atoms with E-state index in [2.05, 4.69) is 6.07 Å². The number of rotatable bonds is 3. The predicted octanol–water partition coefficient (Wildman–Crippen LogP) is 3.32. The maximum absolute atomic E-state index is 12.1. The second-order valence-corrected chi connectivity index (χ2v) is 5.49. The third-order valence-corrected chi connectivity index (χ3v) is 3.90. The lowest BCUT2D eigenvalue weighted by Crippen LogP contribution is -2.09. The van der Waals surface area contributed by atoms with E-state index in [1.165, 1.54) is 12.5 Å². The summed E-state index contributed by atoms with van der Waals surface area (Å²) in [6.45, 7) is 1.38. The van der Waals surface area contributed by atoms with Crippen LogP contribution in [0.2, 0.25) is 0 Å². The van der Waals surface area contributed by atoms with Gasteiger partial charge in [-0.2, -0.15) is 0 Å². The molecule has 0 aliphatic heterocycles. The van der Waals surface area contributed by atoms with Gasteiger partial charge >= 0.3 is 0 Å². The molecule has 0 aromatic heterocycles. The Balaban J connectivity index is 2.12. The first-order valence-electron chi connectivity index (χ1n) is 7.03. The van der Waals surface area contributed by atoms with Crippen LogP contribution in [0.1, 0.15) is 34.8 Å². The Hall–Kier alpha value is -2.42. The van der Waals surface area contributed by atoms with Crippen molar-refractivity contribution in [3.05, 3.63) is 53.1 Å². The Bertz CT molecular complexity index is 744. The smallest absolute Gasteiger partial charge is 0.173 e. The van der Waals surface area contributed by atoms with Gasteiger partial charge in [0.1, 0.15) is 11.5 Å². The molecule has 1 aliphatic carbocycles. The quantitative estimate of drug-likeness (QED) is 0.693. The van der Waals surface area contributed by atoms with Crippen molar-refractivity contribution >= 4 is 11.6 Å². The van der Waals surface area contributed by atoms with Crippen LogP contribution in [0, 0.1) is 0 Å². The van der Waals surface area contributed by atoms with E-state index in [4.69, 9.17) is 0 Å². The molecule has 0 bridgehead atoms. The van der Waals surface area contributed by atoms with Crippen molar-refractivity contribution in [1.29, 1.82) is 0 Å². The third kappa shape index (κ3) is 2.47. The van der Waals surface area contributed by atoms with E-state index in [1.54, 1.807) is 12.1 Å². The minimum Gasteiger partial charge on any atom is -0.507 e. The highest BCUT2D eigenvalue weighted by Crippen LogP contribution is 2.37. The molecule has 1 aliphatic rings. The molecule has 0 saturated carbocycles. The van der Waals surface area contributed by atoms with Gasteiger partial charge in [0.15, 0.2) is 5.78 Å². The fourth-order valence-electron chi connectivity index (χ4n) is 2.90. The number of fused-ring (bicyclic) bond motifs is 3. The average Bonchev–Trinajstić information content (AvgIpc) is 2.45. The van der Waals surface area contributed by atoms with Crippen LogP contribution in [0.5, 0.6) is 5.75 Å². The SMILES string of the molecule is CC(=O)CC(=O)c1cc2c(cc1O)CCc1ccccc1-2. The number of ketones is 2. The van der Waals surface area contributed by atoms with Gasteiger partial charge in [-0.05, 0) is 54.2 Å². The summed E-state index contributed by atoms with van der Waals surface area (Å²) in [6.07, 6.45) is 1.61. The Morgan fingerprint density at radius 3 is 2.52 bits per heavy atom. The van der Waals surface area contributed by atoms with E-state index >= 15 is 0 Å². The minimum atomic E-state index is -0.328. The lowest BCUT2D eigenvalue weighted by atomic mass is 9.84. The lowest BCUT2D eigenvalue weighted by Gasteiger charge is -2.21. The molecule has 0 radical (unpaired) electrons. The molecule has 2 aromatic rings. The first kappa shape index (κ1) is 13.6. The number of carbonyl (C=O) groups is 2. The van der Waals surface area contributed by atoms with Gasteiger partial charge in [-0.3, -0.25) is 9.59 Å².